The average molecular weight is 279 g/mol. The lowest BCUT2D eigenvalue weighted by molar-refractivity contribution is -0.136. The van der Waals surface area contributed by atoms with Gasteiger partial charge in [0, 0.05) is 13.0 Å². The van der Waals surface area contributed by atoms with Crippen LogP contribution in [0.4, 0.5) is 0 Å². The number of unbranched alkanes of at least 4 members (excludes halogenated alkanes) is 1. The van der Waals surface area contributed by atoms with E-state index in [9.17, 15) is 4.79 Å². The van der Waals surface area contributed by atoms with Gasteiger partial charge in [0.1, 0.15) is 5.75 Å². The molecule has 1 aromatic rings. The van der Waals surface area contributed by atoms with Crippen LogP contribution in [0, 0.1) is 0 Å². The molecule has 0 spiro atoms. The molecule has 0 aliphatic carbocycles. The van der Waals surface area contributed by atoms with Crippen molar-refractivity contribution in [3.05, 3.63) is 29.8 Å². The number of hydrogen-bond donors (Lipinski definition) is 3. The number of aryl methyl sites for hydroxylation is 1. The first-order chi connectivity index (χ1) is 9.58. The van der Waals surface area contributed by atoms with Crippen molar-refractivity contribution in [3.63, 3.8) is 0 Å². The number of aliphatic imine (C=N–C) groups is 1. The lowest BCUT2D eigenvalue weighted by atomic mass is 10.1. The Balaban J connectivity index is 2.21. The predicted molar refractivity (Wildman–Crippen MR) is 77.8 cm³/mol. The number of carbonyl (C=O) groups is 1. The summed E-state index contributed by atoms with van der Waals surface area (Å²) in [6.07, 6.45) is 2.42. The van der Waals surface area contributed by atoms with Gasteiger partial charge < -0.3 is 21.3 Å². The summed E-state index contributed by atoms with van der Waals surface area (Å²) >= 11 is 0. The van der Waals surface area contributed by atoms with E-state index in [4.69, 9.17) is 21.3 Å². The maximum absolute atomic E-state index is 10.5. The van der Waals surface area contributed by atoms with Crippen molar-refractivity contribution in [2.24, 2.45) is 16.5 Å². The van der Waals surface area contributed by atoms with E-state index in [1.807, 2.05) is 24.3 Å². The van der Waals surface area contributed by atoms with Crippen molar-refractivity contribution in [1.82, 2.24) is 0 Å². The summed E-state index contributed by atoms with van der Waals surface area (Å²) in [4.78, 5) is 14.3. The minimum absolute atomic E-state index is 0.114. The average Bonchev–Trinajstić information content (AvgIpc) is 2.41. The first-order valence-corrected chi connectivity index (χ1v) is 6.57. The lowest BCUT2D eigenvalue weighted by Gasteiger charge is -2.06. The van der Waals surface area contributed by atoms with E-state index >= 15 is 0 Å². The zero-order valence-corrected chi connectivity index (χ0v) is 11.4. The minimum Gasteiger partial charge on any atom is -0.494 e. The van der Waals surface area contributed by atoms with Gasteiger partial charge in [-0.15, -0.1) is 0 Å². The van der Waals surface area contributed by atoms with Crippen molar-refractivity contribution in [2.45, 2.75) is 25.7 Å². The fourth-order valence-corrected chi connectivity index (χ4v) is 1.62. The Labute approximate surface area is 118 Å². The molecule has 0 saturated carbocycles. The van der Waals surface area contributed by atoms with Gasteiger partial charge >= 0.3 is 5.97 Å². The van der Waals surface area contributed by atoms with Crippen molar-refractivity contribution in [3.8, 4) is 5.75 Å². The highest BCUT2D eigenvalue weighted by Gasteiger charge is 2.00. The Bertz CT molecular complexity index is 439. The Hall–Kier alpha value is -2.24. The predicted octanol–water partition coefficient (Wildman–Crippen LogP) is 1.14. The summed E-state index contributed by atoms with van der Waals surface area (Å²) in [7, 11) is 0. The standard InChI is InChI=1S/C14H21N3O3/c15-14(16)17-9-1-2-10-20-12-6-3-11(4-7-12)5-8-13(18)19/h3-4,6-7H,1-2,5,8-10H2,(H,18,19)(H4,15,16,17). The topological polar surface area (TPSA) is 111 Å². The molecule has 0 saturated heterocycles. The minimum atomic E-state index is -0.786. The third kappa shape index (κ3) is 7.25. The van der Waals surface area contributed by atoms with Crippen LogP contribution in [-0.4, -0.2) is 30.2 Å². The second kappa shape index (κ2) is 8.79. The molecule has 0 aromatic heterocycles. The van der Waals surface area contributed by atoms with Crippen molar-refractivity contribution < 1.29 is 14.6 Å². The van der Waals surface area contributed by atoms with E-state index in [1.165, 1.54) is 0 Å². The molecular formula is C14H21N3O3. The van der Waals surface area contributed by atoms with Gasteiger partial charge in [0.2, 0.25) is 0 Å². The van der Waals surface area contributed by atoms with Gasteiger partial charge in [0.25, 0.3) is 0 Å². The summed E-state index contributed by atoms with van der Waals surface area (Å²) in [5.41, 5.74) is 11.4. The van der Waals surface area contributed by atoms with Gasteiger partial charge in [-0.3, -0.25) is 9.79 Å². The summed E-state index contributed by atoms with van der Waals surface area (Å²) in [6.45, 7) is 1.22. The quantitative estimate of drug-likeness (QED) is 0.356. The molecule has 20 heavy (non-hydrogen) atoms. The molecule has 110 valence electrons. The highest BCUT2D eigenvalue weighted by Crippen LogP contribution is 2.13. The van der Waals surface area contributed by atoms with Crippen LogP contribution in [0.5, 0.6) is 5.75 Å². The van der Waals surface area contributed by atoms with Gasteiger partial charge in [-0.05, 0) is 37.0 Å². The SMILES string of the molecule is NC(N)=NCCCCOc1ccc(CCC(=O)O)cc1. The first kappa shape index (κ1) is 15.8. The van der Waals surface area contributed by atoms with Gasteiger partial charge in [0.05, 0.1) is 6.61 Å². The molecule has 6 nitrogen and oxygen atoms in total. The van der Waals surface area contributed by atoms with Crippen LogP contribution in [0.15, 0.2) is 29.3 Å². The Morgan fingerprint density at radius 1 is 1.20 bits per heavy atom. The van der Waals surface area contributed by atoms with Crippen molar-refractivity contribution >= 4 is 11.9 Å². The van der Waals surface area contributed by atoms with E-state index < -0.39 is 5.97 Å². The molecular weight excluding hydrogens is 258 g/mol. The number of hydrogen-bond acceptors (Lipinski definition) is 3. The Morgan fingerprint density at radius 2 is 1.90 bits per heavy atom. The summed E-state index contributed by atoms with van der Waals surface area (Å²) < 4.78 is 5.57. The van der Waals surface area contributed by atoms with Crippen LogP contribution in [0.2, 0.25) is 0 Å². The number of carboxylic acid groups (broad SMARTS) is 1. The van der Waals surface area contributed by atoms with E-state index in [0.717, 1.165) is 24.2 Å². The van der Waals surface area contributed by atoms with Gasteiger partial charge in [-0.2, -0.15) is 0 Å². The molecule has 5 N–H and O–H groups in total. The number of nitrogens with two attached hydrogens (primary N) is 2. The number of rotatable bonds is 9. The van der Waals surface area contributed by atoms with E-state index in [-0.39, 0.29) is 12.4 Å². The summed E-state index contributed by atoms with van der Waals surface area (Å²) in [6, 6.07) is 7.48. The second-order valence-electron chi connectivity index (χ2n) is 4.40. The maximum Gasteiger partial charge on any atom is 0.303 e. The van der Waals surface area contributed by atoms with Crippen LogP contribution < -0.4 is 16.2 Å². The van der Waals surface area contributed by atoms with Crippen LogP contribution in [0.3, 0.4) is 0 Å². The normalized spacial score (nSPS) is 10.0. The van der Waals surface area contributed by atoms with Crippen LogP contribution in [-0.2, 0) is 11.2 Å². The fraction of sp³-hybridized carbons (Fsp3) is 0.429. The molecule has 0 atom stereocenters. The zero-order valence-electron chi connectivity index (χ0n) is 11.4. The maximum atomic E-state index is 10.5. The van der Waals surface area contributed by atoms with Gasteiger partial charge in [0.15, 0.2) is 5.96 Å². The van der Waals surface area contributed by atoms with Gasteiger partial charge in [-0.1, -0.05) is 12.1 Å². The molecule has 6 heteroatoms. The molecule has 0 heterocycles. The fourth-order valence-electron chi connectivity index (χ4n) is 1.62. The molecule has 0 amide bonds. The van der Waals surface area contributed by atoms with Crippen LogP contribution >= 0.6 is 0 Å². The van der Waals surface area contributed by atoms with Crippen molar-refractivity contribution in [1.29, 1.82) is 0 Å². The number of aliphatic carboxylic acids is 1. The largest absolute Gasteiger partial charge is 0.494 e. The summed E-state index contributed by atoms with van der Waals surface area (Å²) in [5.74, 6) is 0.111. The van der Waals surface area contributed by atoms with Crippen LogP contribution in [0.25, 0.3) is 0 Å². The van der Waals surface area contributed by atoms with E-state index in [2.05, 4.69) is 4.99 Å². The van der Waals surface area contributed by atoms with Gasteiger partial charge in [-0.25, -0.2) is 0 Å². The monoisotopic (exact) mass is 279 g/mol. The Morgan fingerprint density at radius 3 is 2.50 bits per heavy atom. The number of ether oxygens (including phenoxy) is 1. The van der Waals surface area contributed by atoms with Crippen molar-refractivity contribution in [2.75, 3.05) is 13.2 Å². The third-order valence-corrected chi connectivity index (χ3v) is 2.67. The summed E-state index contributed by atoms with van der Waals surface area (Å²) in [5, 5.41) is 8.60. The van der Waals surface area contributed by atoms with Crippen LogP contribution in [0.1, 0.15) is 24.8 Å². The molecule has 0 unspecified atom stereocenters. The first-order valence-electron chi connectivity index (χ1n) is 6.57. The highest BCUT2D eigenvalue weighted by atomic mass is 16.5. The number of guanidine groups is 1. The zero-order chi connectivity index (χ0) is 14.8. The molecule has 0 fully saturated rings. The third-order valence-electron chi connectivity index (χ3n) is 2.67. The van der Waals surface area contributed by atoms with E-state index in [1.54, 1.807) is 0 Å². The molecule has 0 bridgehead atoms. The molecule has 0 aliphatic rings. The lowest BCUT2D eigenvalue weighted by Crippen LogP contribution is -2.23. The molecule has 1 rings (SSSR count). The number of nitrogens with zero attached hydrogens (tertiary/aromatic N) is 1. The second-order valence-corrected chi connectivity index (χ2v) is 4.40. The number of carboxylic acids is 1. The smallest absolute Gasteiger partial charge is 0.303 e. The number of benzene rings is 1. The van der Waals surface area contributed by atoms with E-state index in [0.29, 0.717) is 19.6 Å². The Kier molecular flexibility index (Phi) is 6.95. The molecule has 0 aliphatic heterocycles. The highest BCUT2D eigenvalue weighted by molar-refractivity contribution is 5.75. The molecule has 0 radical (unpaired) electrons. The molecule has 1 aromatic carbocycles.